The Morgan fingerprint density at radius 2 is 1.98 bits per heavy atom. The number of hydrogen-bond acceptors (Lipinski definition) is 7. The van der Waals surface area contributed by atoms with Gasteiger partial charge in [-0.1, -0.05) is 24.1 Å². The minimum absolute atomic E-state index is 0.0671. The maximum atomic E-state index is 13.6. The van der Waals surface area contributed by atoms with Crippen LogP contribution in [0.4, 0.5) is 0 Å². The lowest BCUT2D eigenvalue weighted by atomic mass is 9.87. The van der Waals surface area contributed by atoms with E-state index in [1.165, 1.54) is 30.6 Å². The lowest BCUT2D eigenvalue weighted by Gasteiger charge is -2.32. The smallest absolute Gasteiger partial charge is 0.224 e. The van der Waals surface area contributed by atoms with Crippen molar-refractivity contribution in [3.8, 4) is 0 Å². The van der Waals surface area contributed by atoms with Crippen molar-refractivity contribution in [3.05, 3.63) is 40.4 Å². The van der Waals surface area contributed by atoms with Crippen molar-refractivity contribution in [2.24, 2.45) is 11.8 Å². The number of aromatic nitrogens is 1. The standard InChI is InChI=1S/C30H41ClN4O4S/c1-32-28(37)18-22(19-29-33-26-9-7-23(31)20-27(26)40-29)30(38)34-25(21-11-16-39-17-12-21)10-8-24(36)6-5-15-35-13-3-2-4-14-35/h5-7,9,20-22,25H,2-4,8,10-19H2,1H3,(H,32,37)(H,34,38)/b6-5+/t22-,25+/m0/s1. The highest BCUT2D eigenvalue weighted by atomic mass is 35.5. The van der Waals surface area contributed by atoms with Crippen molar-refractivity contribution in [1.82, 2.24) is 20.5 Å². The Hall–Kier alpha value is -2.33. The molecule has 2 aromatic rings. The van der Waals surface area contributed by atoms with E-state index in [0.717, 1.165) is 47.7 Å². The zero-order valence-electron chi connectivity index (χ0n) is 23.3. The molecule has 1 aromatic carbocycles. The summed E-state index contributed by atoms with van der Waals surface area (Å²) in [6, 6.07) is 5.37. The number of carbonyl (C=O) groups is 3. The molecule has 2 fully saturated rings. The minimum Gasteiger partial charge on any atom is -0.381 e. The second-order valence-corrected chi connectivity index (χ2v) is 12.4. The SMILES string of the molecule is CNC(=O)C[C@@H](Cc1nc2ccc(Cl)cc2s1)C(=O)N[C@H](CCC(=O)/C=C/CN1CCCCC1)C1CCOCC1. The van der Waals surface area contributed by atoms with Gasteiger partial charge in [0.25, 0.3) is 0 Å². The first-order valence-electron chi connectivity index (χ1n) is 14.5. The number of ether oxygens (including phenoxy) is 1. The van der Waals surface area contributed by atoms with E-state index in [4.69, 9.17) is 16.3 Å². The summed E-state index contributed by atoms with van der Waals surface area (Å²) in [6.45, 7) is 4.30. The van der Waals surface area contributed by atoms with E-state index in [-0.39, 0.29) is 36.0 Å². The van der Waals surface area contributed by atoms with E-state index in [0.29, 0.717) is 37.5 Å². The number of amides is 2. The number of hydrogen-bond donors (Lipinski definition) is 2. The second-order valence-electron chi connectivity index (χ2n) is 10.8. The van der Waals surface area contributed by atoms with Gasteiger partial charge in [-0.05, 0) is 75.4 Å². The van der Waals surface area contributed by atoms with Gasteiger partial charge in [-0.2, -0.15) is 0 Å². The number of nitrogens with zero attached hydrogens (tertiary/aromatic N) is 2. The molecule has 1 aromatic heterocycles. The number of ketones is 1. The third-order valence-corrected chi connectivity index (χ3v) is 9.15. The van der Waals surface area contributed by atoms with Gasteiger partial charge in [-0.25, -0.2) is 4.98 Å². The van der Waals surface area contributed by atoms with E-state index in [1.807, 2.05) is 18.2 Å². The fourth-order valence-corrected chi connectivity index (χ4v) is 6.85. The number of halogens is 1. The Labute approximate surface area is 245 Å². The molecule has 0 saturated carbocycles. The Kier molecular flexibility index (Phi) is 12.0. The summed E-state index contributed by atoms with van der Waals surface area (Å²) < 4.78 is 6.51. The first kappa shape index (κ1) is 30.6. The molecule has 2 aliphatic rings. The van der Waals surface area contributed by atoms with Gasteiger partial charge in [0.1, 0.15) is 0 Å². The van der Waals surface area contributed by atoms with Crippen molar-refractivity contribution < 1.29 is 19.1 Å². The van der Waals surface area contributed by atoms with E-state index < -0.39 is 5.92 Å². The molecule has 0 unspecified atom stereocenters. The van der Waals surface area contributed by atoms with Crippen LogP contribution in [0.15, 0.2) is 30.4 Å². The second kappa shape index (κ2) is 15.6. The zero-order valence-corrected chi connectivity index (χ0v) is 24.9. The summed E-state index contributed by atoms with van der Waals surface area (Å²) in [4.78, 5) is 45.8. The number of likely N-dealkylation sites (tertiary alicyclic amines) is 1. The molecule has 0 aliphatic carbocycles. The fourth-order valence-electron chi connectivity index (χ4n) is 5.53. The van der Waals surface area contributed by atoms with Gasteiger partial charge >= 0.3 is 0 Å². The molecule has 3 heterocycles. The molecule has 4 rings (SSSR count). The number of benzene rings is 1. The van der Waals surface area contributed by atoms with Crippen LogP contribution in [0.25, 0.3) is 10.2 Å². The maximum Gasteiger partial charge on any atom is 0.224 e. The highest BCUT2D eigenvalue weighted by Gasteiger charge is 2.30. The average molecular weight is 589 g/mol. The summed E-state index contributed by atoms with van der Waals surface area (Å²) in [6.07, 6.45) is 10.4. The van der Waals surface area contributed by atoms with Crippen molar-refractivity contribution in [1.29, 1.82) is 0 Å². The first-order valence-corrected chi connectivity index (χ1v) is 15.7. The molecule has 2 atom stereocenters. The van der Waals surface area contributed by atoms with Crippen LogP contribution in [0.1, 0.15) is 56.4 Å². The highest BCUT2D eigenvalue weighted by Crippen LogP contribution is 2.28. The third kappa shape index (κ3) is 9.36. The Bertz CT molecular complexity index is 1170. The topological polar surface area (TPSA) is 101 Å². The lowest BCUT2D eigenvalue weighted by molar-refractivity contribution is -0.131. The van der Waals surface area contributed by atoms with Gasteiger partial charge < -0.3 is 15.4 Å². The van der Waals surface area contributed by atoms with Crippen LogP contribution in [-0.2, 0) is 25.5 Å². The summed E-state index contributed by atoms with van der Waals surface area (Å²) in [5.74, 6) is -0.628. The van der Waals surface area contributed by atoms with Crippen LogP contribution >= 0.6 is 22.9 Å². The number of rotatable bonds is 13. The van der Waals surface area contributed by atoms with E-state index >= 15 is 0 Å². The molecule has 0 spiro atoms. The largest absolute Gasteiger partial charge is 0.381 e. The molecule has 2 aliphatic heterocycles. The summed E-state index contributed by atoms with van der Waals surface area (Å²) in [5, 5.41) is 7.31. The van der Waals surface area contributed by atoms with Gasteiger partial charge in [-0.15, -0.1) is 11.3 Å². The molecule has 2 N–H and O–H groups in total. The van der Waals surface area contributed by atoms with Crippen LogP contribution in [0.2, 0.25) is 5.02 Å². The van der Waals surface area contributed by atoms with Crippen LogP contribution in [0.5, 0.6) is 0 Å². The summed E-state index contributed by atoms with van der Waals surface area (Å²) in [7, 11) is 1.58. The van der Waals surface area contributed by atoms with Gasteiger partial charge in [0, 0.05) is 57.1 Å². The van der Waals surface area contributed by atoms with Gasteiger partial charge in [0.15, 0.2) is 5.78 Å². The van der Waals surface area contributed by atoms with Crippen molar-refractivity contribution in [2.45, 2.75) is 63.8 Å². The van der Waals surface area contributed by atoms with Crippen molar-refractivity contribution in [3.63, 3.8) is 0 Å². The molecule has 2 saturated heterocycles. The molecule has 10 heteroatoms. The number of carbonyl (C=O) groups excluding carboxylic acids is 3. The van der Waals surface area contributed by atoms with Crippen LogP contribution < -0.4 is 10.6 Å². The van der Waals surface area contributed by atoms with E-state index in [1.54, 1.807) is 19.2 Å². The quantitative estimate of drug-likeness (QED) is 0.333. The molecule has 40 heavy (non-hydrogen) atoms. The number of fused-ring (bicyclic) bond motifs is 1. The Morgan fingerprint density at radius 1 is 1.20 bits per heavy atom. The molecular weight excluding hydrogens is 548 g/mol. The zero-order chi connectivity index (χ0) is 28.3. The predicted octanol–water partition coefficient (Wildman–Crippen LogP) is 4.55. The van der Waals surface area contributed by atoms with Crippen LogP contribution in [0.3, 0.4) is 0 Å². The van der Waals surface area contributed by atoms with Gasteiger partial charge in [0.2, 0.25) is 11.8 Å². The molecule has 0 bridgehead atoms. The number of nitrogens with one attached hydrogen (secondary N) is 2. The van der Waals surface area contributed by atoms with E-state index in [9.17, 15) is 14.4 Å². The average Bonchev–Trinajstić information content (AvgIpc) is 3.37. The normalized spacial score (nSPS) is 18.6. The number of piperidine rings is 1. The molecule has 0 radical (unpaired) electrons. The first-order chi connectivity index (χ1) is 19.4. The maximum absolute atomic E-state index is 13.6. The Balaban J connectivity index is 1.40. The monoisotopic (exact) mass is 588 g/mol. The van der Waals surface area contributed by atoms with Crippen molar-refractivity contribution in [2.75, 3.05) is 39.9 Å². The lowest BCUT2D eigenvalue weighted by Crippen LogP contribution is -2.46. The summed E-state index contributed by atoms with van der Waals surface area (Å²) >= 11 is 7.63. The third-order valence-electron chi connectivity index (χ3n) is 7.88. The highest BCUT2D eigenvalue weighted by molar-refractivity contribution is 7.18. The predicted molar refractivity (Wildman–Crippen MR) is 160 cm³/mol. The van der Waals surface area contributed by atoms with Gasteiger partial charge in [-0.3, -0.25) is 19.3 Å². The fraction of sp³-hybridized carbons (Fsp3) is 0.600. The molecule has 218 valence electrons. The Morgan fingerprint density at radius 3 is 2.73 bits per heavy atom. The summed E-state index contributed by atoms with van der Waals surface area (Å²) in [5.41, 5.74) is 0.829. The van der Waals surface area contributed by atoms with Crippen LogP contribution in [0, 0.1) is 11.8 Å². The number of thiazole rings is 1. The van der Waals surface area contributed by atoms with E-state index in [2.05, 4.69) is 20.5 Å². The molecular formula is C30H41ClN4O4S. The van der Waals surface area contributed by atoms with Gasteiger partial charge in [0.05, 0.1) is 21.1 Å². The number of allylic oxidation sites excluding steroid dienone is 1. The van der Waals surface area contributed by atoms with Crippen molar-refractivity contribution >= 4 is 50.8 Å². The molecule has 8 nitrogen and oxygen atoms in total. The van der Waals surface area contributed by atoms with Crippen LogP contribution in [-0.4, -0.2) is 73.4 Å². The minimum atomic E-state index is -0.571. The molecule has 2 amide bonds.